The smallest absolute Gasteiger partial charge is 0.0331 e. The quantitative estimate of drug-likeness (QED) is 0.793. The van der Waals surface area contributed by atoms with Crippen molar-refractivity contribution in [2.45, 2.75) is 32.2 Å². The van der Waals surface area contributed by atoms with Crippen molar-refractivity contribution in [2.24, 2.45) is 0 Å². The Hall–Kier alpha value is -0.380. The lowest BCUT2D eigenvalue weighted by molar-refractivity contribution is 0.196. The number of nitrogens with one attached hydrogen (secondary N) is 1. The first-order valence-electron chi connectivity index (χ1n) is 6.28. The largest absolute Gasteiger partial charge is 0.320 e. The van der Waals surface area contributed by atoms with Gasteiger partial charge in [0, 0.05) is 17.5 Å². The average Bonchev–Trinajstić information content (AvgIpc) is 2.76. The average molecular weight is 238 g/mol. The monoisotopic (exact) mass is 238 g/mol. The molecular weight excluding hydrogens is 216 g/mol. The minimum atomic E-state index is 0.629. The van der Waals surface area contributed by atoms with E-state index in [-0.39, 0.29) is 0 Å². The van der Waals surface area contributed by atoms with E-state index in [0.29, 0.717) is 6.04 Å². The van der Waals surface area contributed by atoms with Gasteiger partial charge in [-0.25, -0.2) is 0 Å². The summed E-state index contributed by atoms with van der Waals surface area (Å²) in [5.74, 6) is 0. The molecule has 1 aliphatic heterocycles. The topological polar surface area (TPSA) is 15.3 Å². The molecule has 0 saturated carbocycles. The van der Waals surface area contributed by atoms with Crippen LogP contribution in [0.25, 0.3) is 0 Å². The molecule has 1 unspecified atom stereocenters. The van der Waals surface area contributed by atoms with E-state index in [0.717, 1.165) is 6.54 Å². The number of unbranched alkanes of at least 4 members (excludes halogenated alkanes) is 1. The van der Waals surface area contributed by atoms with E-state index in [1.807, 2.05) is 18.4 Å². The van der Waals surface area contributed by atoms with Crippen molar-refractivity contribution in [1.29, 1.82) is 0 Å². The number of hydrogen-bond donors (Lipinski definition) is 1. The molecule has 0 fully saturated rings. The zero-order valence-corrected chi connectivity index (χ0v) is 11.1. The highest BCUT2D eigenvalue weighted by Crippen LogP contribution is 2.32. The van der Waals surface area contributed by atoms with Crippen LogP contribution in [0, 0.1) is 0 Å². The fourth-order valence-corrected chi connectivity index (χ4v) is 3.45. The first kappa shape index (κ1) is 12.1. The highest BCUT2D eigenvalue weighted by atomic mass is 32.1. The van der Waals surface area contributed by atoms with Crippen LogP contribution in [0.4, 0.5) is 0 Å². The van der Waals surface area contributed by atoms with Gasteiger partial charge in [-0.1, -0.05) is 0 Å². The molecule has 2 heterocycles. The Bertz CT molecular complexity index is 321. The summed E-state index contributed by atoms with van der Waals surface area (Å²) in [4.78, 5) is 4.24. The highest BCUT2D eigenvalue weighted by molar-refractivity contribution is 7.10. The summed E-state index contributed by atoms with van der Waals surface area (Å²) in [5, 5.41) is 5.45. The second-order valence-corrected chi connectivity index (χ2v) is 5.57. The number of rotatable bonds is 5. The minimum absolute atomic E-state index is 0.629. The molecule has 0 spiro atoms. The van der Waals surface area contributed by atoms with Gasteiger partial charge in [0.15, 0.2) is 0 Å². The summed E-state index contributed by atoms with van der Waals surface area (Å²) in [6.45, 7) is 5.99. The Morgan fingerprint density at radius 1 is 1.50 bits per heavy atom. The second kappa shape index (κ2) is 5.80. The summed E-state index contributed by atoms with van der Waals surface area (Å²) in [7, 11) is 2.03. The summed E-state index contributed by atoms with van der Waals surface area (Å²) in [6, 6.07) is 2.94. The molecule has 0 saturated heterocycles. The van der Waals surface area contributed by atoms with E-state index in [4.69, 9.17) is 0 Å². The summed E-state index contributed by atoms with van der Waals surface area (Å²) in [6.07, 6.45) is 3.85. The molecule has 0 aliphatic carbocycles. The highest BCUT2D eigenvalue weighted by Gasteiger charge is 2.23. The molecule has 90 valence electrons. The van der Waals surface area contributed by atoms with Crippen LogP contribution in [0.3, 0.4) is 0 Å². The van der Waals surface area contributed by atoms with Crippen LogP contribution in [0.5, 0.6) is 0 Å². The van der Waals surface area contributed by atoms with E-state index in [2.05, 4.69) is 28.6 Å². The lowest BCUT2D eigenvalue weighted by Crippen LogP contribution is -2.34. The predicted octanol–water partition coefficient (Wildman–Crippen LogP) is 2.67. The molecule has 16 heavy (non-hydrogen) atoms. The van der Waals surface area contributed by atoms with Gasteiger partial charge in [-0.2, -0.15) is 0 Å². The molecule has 1 atom stereocenters. The van der Waals surface area contributed by atoms with Crippen LogP contribution in [0.1, 0.15) is 36.2 Å². The van der Waals surface area contributed by atoms with E-state index < -0.39 is 0 Å². The number of fused-ring (bicyclic) bond motifs is 1. The van der Waals surface area contributed by atoms with Gasteiger partial charge in [0.25, 0.3) is 0 Å². The van der Waals surface area contributed by atoms with Gasteiger partial charge in [0.2, 0.25) is 0 Å². The maximum absolute atomic E-state index is 3.21. The van der Waals surface area contributed by atoms with Gasteiger partial charge in [-0.05, 0) is 63.3 Å². The molecule has 1 N–H and O–H groups in total. The van der Waals surface area contributed by atoms with Gasteiger partial charge in [0.05, 0.1) is 0 Å². The Labute approximate surface area is 103 Å². The Kier molecular flexibility index (Phi) is 4.38. The van der Waals surface area contributed by atoms with E-state index >= 15 is 0 Å². The molecule has 1 aromatic rings. The number of nitrogens with zero attached hydrogens (tertiary/aromatic N) is 1. The molecule has 0 radical (unpaired) electrons. The van der Waals surface area contributed by atoms with Gasteiger partial charge in [-0.15, -0.1) is 11.3 Å². The third-order valence-electron chi connectivity index (χ3n) is 3.53. The Balaban J connectivity index is 1.84. The van der Waals surface area contributed by atoms with Gasteiger partial charge < -0.3 is 5.32 Å². The zero-order chi connectivity index (χ0) is 11.4. The molecule has 0 bridgehead atoms. The third kappa shape index (κ3) is 2.65. The van der Waals surface area contributed by atoms with Crippen LogP contribution in [0.15, 0.2) is 11.4 Å². The summed E-state index contributed by atoms with van der Waals surface area (Å²) in [5.41, 5.74) is 1.57. The predicted molar refractivity (Wildman–Crippen MR) is 71.2 cm³/mol. The van der Waals surface area contributed by atoms with E-state index in [9.17, 15) is 0 Å². The number of hydrogen-bond acceptors (Lipinski definition) is 3. The minimum Gasteiger partial charge on any atom is -0.320 e. The lowest BCUT2D eigenvalue weighted by Gasteiger charge is -2.33. The first-order valence-corrected chi connectivity index (χ1v) is 7.16. The second-order valence-electron chi connectivity index (χ2n) is 4.57. The van der Waals surface area contributed by atoms with Gasteiger partial charge >= 0.3 is 0 Å². The zero-order valence-electron chi connectivity index (χ0n) is 10.3. The molecule has 3 heteroatoms. The van der Waals surface area contributed by atoms with E-state index in [1.54, 1.807) is 10.4 Å². The van der Waals surface area contributed by atoms with Crippen LogP contribution >= 0.6 is 11.3 Å². The lowest BCUT2D eigenvalue weighted by atomic mass is 10.0. The Morgan fingerprint density at radius 3 is 3.19 bits per heavy atom. The van der Waals surface area contributed by atoms with Crippen LogP contribution < -0.4 is 5.32 Å². The van der Waals surface area contributed by atoms with Crippen molar-refractivity contribution in [3.63, 3.8) is 0 Å². The standard InChI is InChI=1S/C13H22N2S/c1-11-12-6-10-16-13(12)5-9-15(11)8-4-3-7-14-2/h6,10-11,14H,3-5,7-9H2,1-2H3. The van der Waals surface area contributed by atoms with Crippen molar-refractivity contribution in [3.8, 4) is 0 Å². The van der Waals surface area contributed by atoms with Crippen LogP contribution in [0.2, 0.25) is 0 Å². The molecule has 0 amide bonds. The molecule has 1 aliphatic rings. The first-order chi connectivity index (χ1) is 7.83. The molecule has 0 aromatic carbocycles. The van der Waals surface area contributed by atoms with E-state index in [1.165, 1.54) is 32.4 Å². The normalized spacial score (nSPS) is 21.0. The van der Waals surface area contributed by atoms with Gasteiger partial charge in [0.1, 0.15) is 0 Å². The van der Waals surface area contributed by atoms with Crippen molar-refractivity contribution in [3.05, 3.63) is 21.9 Å². The third-order valence-corrected chi connectivity index (χ3v) is 4.52. The van der Waals surface area contributed by atoms with Crippen molar-refractivity contribution >= 4 is 11.3 Å². The van der Waals surface area contributed by atoms with Crippen molar-refractivity contribution in [2.75, 3.05) is 26.7 Å². The molecular formula is C13H22N2S. The fraction of sp³-hybridized carbons (Fsp3) is 0.692. The molecule has 2 rings (SSSR count). The SMILES string of the molecule is CNCCCCN1CCc2sccc2C1C. The summed E-state index contributed by atoms with van der Waals surface area (Å²) >= 11 is 1.93. The fourth-order valence-electron chi connectivity index (χ4n) is 2.48. The maximum atomic E-state index is 3.21. The maximum Gasteiger partial charge on any atom is 0.0331 e. The van der Waals surface area contributed by atoms with Crippen molar-refractivity contribution in [1.82, 2.24) is 10.2 Å². The van der Waals surface area contributed by atoms with Gasteiger partial charge in [-0.3, -0.25) is 4.90 Å². The number of thiophene rings is 1. The van der Waals surface area contributed by atoms with Crippen molar-refractivity contribution < 1.29 is 0 Å². The summed E-state index contributed by atoms with van der Waals surface area (Å²) < 4.78 is 0. The Morgan fingerprint density at radius 2 is 2.38 bits per heavy atom. The molecule has 2 nitrogen and oxygen atoms in total. The van der Waals surface area contributed by atoms with Crippen LogP contribution in [-0.2, 0) is 6.42 Å². The van der Waals surface area contributed by atoms with Crippen LogP contribution in [-0.4, -0.2) is 31.6 Å². The molecule has 1 aromatic heterocycles.